The molecule has 0 amide bonds. The fourth-order valence-corrected chi connectivity index (χ4v) is 7.58. The molecule has 0 aromatic heterocycles. The molecule has 3 fully saturated rings. The Morgan fingerprint density at radius 1 is 1.07 bits per heavy atom. The number of rotatable bonds is 5. The number of piperidine rings is 1. The minimum absolute atomic E-state index is 0.0410. The van der Waals surface area contributed by atoms with Crippen LogP contribution in [-0.4, -0.2) is 135 Å². The van der Waals surface area contributed by atoms with Gasteiger partial charge in [0.15, 0.2) is 12.1 Å². The predicted octanol–water partition coefficient (Wildman–Crippen LogP) is 2.66. The number of cyclic esters (lactones) is 1. The van der Waals surface area contributed by atoms with Crippen molar-refractivity contribution in [3.63, 3.8) is 0 Å². The monoisotopic (exact) mass is 597 g/mol. The standard InChI is InChI=1S/C32H59N3O7/c1-20-16-32(6,39-11)28(42-29-26(36)24(33(7)8)15-21(2)41-29)22(3)27(37)31(4,5)30(38)40-19-25(35(10)17-20)23-13-12-14-34(9)18-23/h20-26,28-29,36H,12-19H2,1-11H3/t20-,21-,22+,23+,24+,25+,26-,28-,29+,32-/m1/s1. The summed E-state index contributed by atoms with van der Waals surface area (Å²) >= 11 is 0. The fourth-order valence-electron chi connectivity index (χ4n) is 7.58. The number of likely N-dealkylation sites (N-methyl/N-ethyl adjacent to an activating group) is 2. The van der Waals surface area contributed by atoms with Gasteiger partial charge in [0, 0.05) is 38.2 Å². The van der Waals surface area contributed by atoms with Crippen molar-refractivity contribution in [3.05, 3.63) is 0 Å². The number of methoxy groups -OCH3 is 1. The highest BCUT2D eigenvalue weighted by atomic mass is 16.7. The van der Waals surface area contributed by atoms with E-state index in [0.717, 1.165) is 32.5 Å². The molecule has 0 saturated carbocycles. The Balaban J connectivity index is 1.99. The summed E-state index contributed by atoms with van der Waals surface area (Å²) in [7, 11) is 9.75. The Hall–Kier alpha value is -1.14. The van der Waals surface area contributed by atoms with Gasteiger partial charge in [-0.2, -0.15) is 0 Å². The molecule has 3 rings (SSSR count). The highest BCUT2D eigenvalue weighted by Crippen LogP contribution is 2.38. The third kappa shape index (κ3) is 7.92. The van der Waals surface area contributed by atoms with Crippen LogP contribution in [0.4, 0.5) is 0 Å². The summed E-state index contributed by atoms with van der Waals surface area (Å²) in [4.78, 5) is 34.4. The van der Waals surface area contributed by atoms with Gasteiger partial charge in [0.2, 0.25) is 0 Å². The minimum Gasteiger partial charge on any atom is -0.463 e. The minimum atomic E-state index is -1.40. The van der Waals surface area contributed by atoms with Crippen LogP contribution < -0.4 is 0 Å². The van der Waals surface area contributed by atoms with Gasteiger partial charge >= 0.3 is 5.97 Å². The van der Waals surface area contributed by atoms with Gasteiger partial charge in [-0.3, -0.25) is 14.5 Å². The van der Waals surface area contributed by atoms with Gasteiger partial charge in [0.1, 0.15) is 18.1 Å². The number of nitrogens with zero attached hydrogens (tertiary/aromatic N) is 3. The van der Waals surface area contributed by atoms with Crippen LogP contribution in [0.2, 0.25) is 0 Å². The second-order valence-corrected chi connectivity index (χ2v) is 14.5. The quantitative estimate of drug-likeness (QED) is 0.376. The summed E-state index contributed by atoms with van der Waals surface area (Å²) in [5.74, 6) is -1.01. The molecule has 3 aliphatic heterocycles. The van der Waals surface area contributed by atoms with Crippen LogP contribution in [0, 0.1) is 23.2 Å². The van der Waals surface area contributed by atoms with Crippen LogP contribution in [-0.2, 0) is 28.5 Å². The molecule has 3 saturated heterocycles. The largest absolute Gasteiger partial charge is 0.463 e. The summed E-state index contributed by atoms with van der Waals surface area (Å²) in [6.07, 6.45) is 0.660. The van der Waals surface area contributed by atoms with E-state index in [9.17, 15) is 14.7 Å². The molecule has 10 atom stereocenters. The van der Waals surface area contributed by atoms with E-state index >= 15 is 0 Å². The Morgan fingerprint density at radius 3 is 2.33 bits per heavy atom. The number of ketones is 1. The molecule has 42 heavy (non-hydrogen) atoms. The normalized spacial score (nSPS) is 42.0. The number of esters is 1. The molecule has 0 bridgehead atoms. The zero-order chi connectivity index (χ0) is 31.6. The number of likely N-dealkylation sites (tertiary alicyclic amines) is 1. The maximum absolute atomic E-state index is 14.2. The maximum Gasteiger partial charge on any atom is 0.319 e. The lowest BCUT2D eigenvalue weighted by Crippen LogP contribution is -2.59. The molecular weight excluding hydrogens is 538 g/mol. The smallest absolute Gasteiger partial charge is 0.319 e. The fraction of sp³-hybridized carbons (Fsp3) is 0.938. The zero-order valence-corrected chi connectivity index (χ0v) is 28.1. The summed E-state index contributed by atoms with van der Waals surface area (Å²) in [5.41, 5.74) is -2.30. The van der Waals surface area contributed by atoms with E-state index in [4.69, 9.17) is 18.9 Å². The van der Waals surface area contributed by atoms with Gasteiger partial charge in [-0.05, 0) is 99.9 Å². The third-order valence-electron chi connectivity index (χ3n) is 10.1. The molecule has 0 aromatic carbocycles. The first-order valence-corrected chi connectivity index (χ1v) is 15.8. The highest BCUT2D eigenvalue weighted by molar-refractivity contribution is 6.04. The van der Waals surface area contributed by atoms with Crippen LogP contribution in [0.3, 0.4) is 0 Å². The molecule has 10 heteroatoms. The van der Waals surface area contributed by atoms with Gasteiger partial charge in [-0.15, -0.1) is 0 Å². The van der Waals surface area contributed by atoms with Gasteiger partial charge in [-0.25, -0.2) is 0 Å². The average Bonchev–Trinajstić information content (AvgIpc) is 2.91. The Morgan fingerprint density at radius 2 is 1.74 bits per heavy atom. The first-order chi connectivity index (χ1) is 19.5. The molecular formula is C32H59N3O7. The predicted molar refractivity (Wildman–Crippen MR) is 162 cm³/mol. The number of aliphatic hydroxyl groups excluding tert-OH is 1. The Bertz CT molecular complexity index is 917. The van der Waals surface area contributed by atoms with Gasteiger partial charge in [0.25, 0.3) is 0 Å². The molecule has 0 aliphatic carbocycles. The SMILES string of the molecule is CO[C@]1(C)C[C@@H](C)CN(C)[C@H]([C@H]2CCCN(C)C2)COC(=O)C(C)(C)C(=O)[C@H](C)[C@H]1O[C@@H]1O[C@H](C)C[C@H](N(C)C)[C@H]1O. The number of ether oxygens (including phenoxy) is 4. The van der Waals surface area contributed by atoms with Crippen molar-refractivity contribution >= 4 is 11.8 Å². The zero-order valence-electron chi connectivity index (χ0n) is 28.1. The first kappa shape index (κ1) is 35.3. The van der Waals surface area contributed by atoms with Crippen molar-refractivity contribution in [2.24, 2.45) is 23.2 Å². The topological polar surface area (TPSA) is 101 Å². The highest BCUT2D eigenvalue weighted by Gasteiger charge is 2.51. The molecule has 0 spiro atoms. The Labute approximate surface area is 254 Å². The van der Waals surface area contributed by atoms with Crippen molar-refractivity contribution in [1.82, 2.24) is 14.7 Å². The number of hydrogen-bond acceptors (Lipinski definition) is 10. The summed E-state index contributed by atoms with van der Waals surface area (Å²) in [5, 5.41) is 11.3. The molecule has 244 valence electrons. The molecule has 3 aliphatic rings. The summed E-state index contributed by atoms with van der Waals surface area (Å²) in [6.45, 7) is 14.2. The van der Waals surface area contributed by atoms with Crippen LogP contribution in [0.1, 0.15) is 67.2 Å². The number of hydrogen-bond donors (Lipinski definition) is 1. The number of aliphatic hydroxyl groups is 1. The van der Waals surface area contributed by atoms with E-state index in [2.05, 4.69) is 30.8 Å². The lowest BCUT2D eigenvalue weighted by atomic mass is 9.74. The van der Waals surface area contributed by atoms with E-state index in [0.29, 0.717) is 18.8 Å². The molecule has 10 nitrogen and oxygen atoms in total. The van der Waals surface area contributed by atoms with Crippen molar-refractivity contribution in [2.75, 3.05) is 61.5 Å². The number of Topliss-reactive ketones (excluding diaryl/α,β-unsaturated/α-hetero) is 1. The van der Waals surface area contributed by atoms with E-state index in [1.807, 2.05) is 32.8 Å². The van der Waals surface area contributed by atoms with Crippen molar-refractivity contribution in [3.8, 4) is 0 Å². The summed E-state index contributed by atoms with van der Waals surface area (Å²) in [6, 6.07) is -0.123. The first-order valence-electron chi connectivity index (χ1n) is 15.8. The van der Waals surface area contributed by atoms with Gasteiger partial charge in [-0.1, -0.05) is 13.8 Å². The average molecular weight is 598 g/mol. The number of carbonyl (C=O) groups excluding carboxylic acids is 2. The Kier molecular flexibility index (Phi) is 12.0. The summed E-state index contributed by atoms with van der Waals surface area (Å²) < 4.78 is 25.0. The van der Waals surface area contributed by atoms with Crippen molar-refractivity contribution in [1.29, 1.82) is 0 Å². The van der Waals surface area contributed by atoms with Crippen molar-refractivity contribution < 1.29 is 33.6 Å². The molecule has 0 unspecified atom stereocenters. The van der Waals surface area contributed by atoms with E-state index < -0.39 is 41.4 Å². The van der Waals surface area contributed by atoms with Crippen LogP contribution in [0.25, 0.3) is 0 Å². The van der Waals surface area contributed by atoms with Gasteiger partial charge in [0.05, 0.1) is 17.8 Å². The second-order valence-electron chi connectivity index (χ2n) is 14.5. The van der Waals surface area contributed by atoms with E-state index in [1.54, 1.807) is 27.9 Å². The molecule has 0 aromatic rings. The van der Waals surface area contributed by atoms with E-state index in [1.165, 1.54) is 0 Å². The van der Waals surface area contributed by atoms with Gasteiger partial charge < -0.3 is 33.9 Å². The maximum atomic E-state index is 14.2. The lowest BCUT2D eigenvalue weighted by Gasteiger charge is -2.47. The van der Waals surface area contributed by atoms with E-state index in [-0.39, 0.29) is 36.5 Å². The van der Waals surface area contributed by atoms with Crippen LogP contribution in [0.15, 0.2) is 0 Å². The molecule has 3 heterocycles. The second kappa shape index (κ2) is 14.3. The number of carbonyl (C=O) groups is 2. The molecule has 1 N–H and O–H groups in total. The van der Waals surface area contributed by atoms with Crippen LogP contribution >= 0.6 is 0 Å². The lowest BCUT2D eigenvalue weighted by molar-refractivity contribution is -0.295. The van der Waals surface area contributed by atoms with Crippen LogP contribution in [0.5, 0.6) is 0 Å². The molecule has 0 radical (unpaired) electrons. The van der Waals surface area contributed by atoms with Crippen molar-refractivity contribution in [2.45, 2.75) is 110 Å². The third-order valence-corrected chi connectivity index (χ3v) is 10.1.